The maximum Gasteiger partial charge on any atom is 0.0228 e. The zero-order chi connectivity index (χ0) is 9.68. The van der Waals surface area contributed by atoms with Crippen LogP contribution in [-0.4, -0.2) is 24.7 Å². The van der Waals surface area contributed by atoms with Crippen molar-refractivity contribution in [3.63, 3.8) is 0 Å². The zero-order valence-corrected chi connectivity index (χ0v) is 9.10. The zero-order valence-electron chi connectivity index (χ0n) is 8.29. The quantitative estimate of drug-likeness (QED) is 0.678. The van der Waals surface area contributed by atoms with Gasteiger partial charge in [0.05, 0.1) is 0 Å². The summed E-state index contributed by atoms with van der Waals surface area (Å²) in [6, 6.07) is 8.63. The molecule has 0 spiro atoms. The van der Waals surface area contributed by atoms with E-state index in [2.05, 4.69) is 50.2 Å². The smallest absolute Gasteiger partial charge is 0.0228 e. The predicted molar refractivity (Wildman–Crippen MR) is 59.9 cm³/mol. The number of nitrogens with zero attached hydrogens (tertiary/aromatic N) is 1. The van der Waals surface area contributed by atoms with E-state index in [0.717, 1.165) is 12.3 Å². The normalized spacial score (nSPS) is 10.8. The van der Waals surface area contributed by atoms with E-state index < -0.39 is 0 Å². The van der Waals surface area contributed by atoms with E-state index in [0.29, 0.717) is 0 Å². The summed E-state index contributed by atoms with van der Waals surface area (Å²) in [6.07, 6.45) is 0. The fourth-order valence-corrected chi connectivity index (χ4v) is 1.86. The van der Waals surface area contributed by atoms with Crippen LogP contribution in [0.4, 0.5) is 0 Å². The second-order valence-corrected chi connectivity index (χ2v) is 4.40. The molecule has 2 heteroatoms. The summed E-state index contributed by atoms with van der Waals surface area (Å²) in [5, 5.41) is 0. The third-order valence-corrected chi connectivity index (χ3v) is 2.46. The summed E-state index contributed by atoms with van der Waals surface area (Å²) in [7, 11) is 4.17. The Bertz CT molecular complexity index is 258. The SMILES string of the molecule is [CH2]CSc1cccc(CN(C)C)c1. The van der Waals surface area contributed by atoms with Gasteiger partial charge in [-0.05, 0) is 44.5 Å². The Balaban J connectivity index is 2.67. The van der Waals surface area contributed by atoms with Crippen LogP contribution in [0.2, 0.25) is 0 Å². The van der Waals surface area contributed by atoms with Gasteiger partial charge in [0.25, 0.3) is 0 Å². The Hall–Kier alpha value is -0.470. The molecule has 0 aliphatic carbocycles. The van der Waals surface area contributed by atoms with E-state index in [4.69, 9.17) is 0 Å². The van der Waals surface area contributed by atoms with Gasteiger partial charge in [0, 0.05) is 11.4 Å². The minimum Gasteiger partial charge on any atom is -0.305 e. The summed E-state index contributed by atoms with van der Waals surface area (Å²) in [6.45, 7) is 4.83. The molecule has 0 amide bonds. The maximum atomic E-state index is 3.82. The van der Waals surface area contributed by atoms with Crippen molar-refractivity contribution in [1.82, 2.24) is 4.90 Å². The molecule has 0 unspecified atom stereocenters. The molecule has 0 saturated carbocycles. The monoisotopic (exact) mass is 194 g/mol. The minimum absolute atomic E-state index is 0.894. The summed E-state index contributed by atoms with van der Waals surface area (Å²) < 4.78 is 0. The number of rotatable bonds is 4. The molecule has 0 N–H and O–H groups in total. The van der Waals surface area contributed by atoms with Crippen molar-refractivity contribution in [3.05, 3.63) is 36.8 Å². The first-order valence-corrected chi connectivity index (χ1v) is 5.36. The van der Waals surface area contributed by atoms with Gasteiger partial charge < -0.3 is 4.90 Å². The molecule has 1 aromatic rings. The van der Waals surface area contributed by atoms with Gasteiger partial charge in [-0.25, -0.2) is 0 Å². The Morgan fingerprint density at radius 2 is 2.15 bits per heavy atom. The summed E-state index contributed by atoms with van der Waals surface area (Å²) in [5.41, 5.74) is 1.36. The third kappa shape index (κ3) is 3.83. The van der Waals surface area contributed by atoms with Gasteiger partial charge in [-0.3, -0.25) is 0 Å². The molecule has 0 aromatic heterocycles. The molecule has 1 rings (SSSR count). The molecular formula is C11H16NS. The molecule has 71 valence electrons. The number of benzene rings is 1. The minimum atomic E-state index is 0.894. The van der Waals surface area contributed by atoms with Gasteiger partial charge in [0.2, 0.25) is 0 Å². The molecule has 0 heterocycles. The molecule has 0 fully saturated rings. The van der Waals surface area contributed by atoms with Gasteiger partial charge >= 0.3 is 0 Å². The lowest BCUT2D eigenvalue weighted by Crippen LogP contribution is -2.10. The number of hydrogen-bond acceptors (Lipinski definition) is 2. The molecule has 1 radical (unpaired) electrons. The molecular weight excluding hydrogens is 178 g/mol. The van der Waals surface area contributed by atoms with Crippen molar-refractivity contribution in [3.8, 4) is 0 Å². The van der Waals surface area contributed by atoms with Gasteiger partial charge in [0.1, 0.15) is 0 Å². The first-order valence-electron chi connectivity index (χ1n) is 4.38. The second kappa shape index (κ2) is 5.30. The van der Waals surface area contributed by atoms with Crippen LogP contribution in [-0.2, 0) is 6.54 Å². The van der Waals surface area contributed by atoms with Crippen LogP contribution in [0.5, 0.6) is 0 Å². The standard InChI is InChI=1S/C11H16NS/c1-4-13-11-7-5-6-10(8-11)9-12(2)3/h5-8H,1,4,9H2,2-3H3. The summed E-state index contributed by atoms with van der Waals surface area (Å²) in [5.74, 6) is 0.894. The van der Waals surface area contributed by atoms with Crippen LogP contribution in [0, 0.1) is 6.92 Å². The molecule has 0 bridgehead atoms. The van der Waals surface area contributed by atoms with Crippen LogP contribution in [0.1, 0.15) is 5.56 Å². The van der Waals surface area contributed by atoms with Gasteiger partial charge in [-0.15, -0.1) is 11.8 Å². The lowest BCUT2D eigenvalue weighted by atomic mass is 10.2. The summed E-state index contributed by atoms with van der Waals surface area (Å²) in [4.78, 5) is 3.49. The Morgan fingerprint density at radius 3 is 2.77 bits per heavy atom. The first kappa shape index (κ1) is 10.6. The van der Waals surface area contributed by atoms with Gasteiger partial charge in [0.15, 0.2) is 0 Å². The highest BCUT2D eigenvalue weighted by molar-refractivity contribution is 7.99. The summed E-state index contributed by atoms with van der Waals surface area (Å²) >= 11 is 1.79. The van der Waals surface area contributed by atoms with Crippen LogP contribution in [0.3, 0.4) is 0 Å². The van der Waals surface area contributed by atoms with Crippen LogP contribution < -0.4 is 0 Å². The van der Waals surface area contributed by atoms with Crippen molar-refractivity contribution in [2.45, 2.75) is 11.4 Å². The van der Waals surface area contributed by atoms with E-state index in [9.17, 15) is 0 Å². The average molecular weight is 194 g/mol. The number of hydrogen-bond donors (Lipinski definition) is 0. The van der Waals surface area contributed by atoms with E-state index in [1.54, 1.807) is 11.8 Å². The molecule has 13 heavy (non-hydrogen) atoms. The molecule has 0 atom stereocenters. The highest BCUT2D eigenvalue weighted by Gasteiger charge is 1.96. The number of thioether (sulfide) groups is 1. The van der Waals surface area contributed by atoms with Crippen molar-refractivity contribution in [1.29, 1.82) is 0 Å². The van der Waals surface area contributed by atoms with Crippen LogP contribution in [0.15, 0.2) is 29.2 Å². The lowest BCUT2D eigenvalue weighted by molar-refractivity contribution is 0.402. The van der Waals surface area contributed by atoms with E-state index in [1.807, 2.05) is 0 Å². The van der Waals surface area contributed by atoms with E-state index in [-0.39, 0.29) is 0 Å². The first-order chi connectivity index (χ1) is 6.22. The molecule has 1 aromatic carbocycles. The Kier molecular flexibility index (Phi) is 4.33. The lowest BCUT2D eigenvalue weighted by Gasteiger charge is -2.10. The van der Waals surface area contributed by atoms with Crippen molar-refractivity contribution < 1.29 is 0 Å². The van der Waals surface area contributed by atoms with Gasteiger partial charge in [-0.2, -0.15) is 0 Å². The molecule has 0 aliphatic heterocycles. The van der Waals surface area contributed by atoms with Gasteiger partial charge in [-0.1, -0.05) is 12.1 Å². The van der Waals surface area contributed by atoms with E-state index in [1.165, 1.54) is 10.5 Å². The second-order valence-electron chi connectivity index (χ2n) is 3.23. The van der Waals surface area contributed by atoms with E-state index >= 15 is 0 Å². The topological polar surface area (TPSA) is 3.24 Å². The highest BCUT2D eigenvalue weighted by atomic mass is 32.2. The van der Waals surface area contributed by atoms with Crippen molar-refractivity contribution in [2.75, 3.05) is 19.8 Å². The fourth-order valence-electron chi connectivity index (χ4n) is 1.22. The maximum absolute atomic E-state index is 3.82. The van der Waals surface area contributed by atoms with Crippen LogP contribution >= 0.6 is 11.8 Å². The molecule has 0 aliphatic rings. The molecule has 1 nitrogen and oxygen atoms in total. The van der Waals surface area contributed by atoms with Crippen LogP contribution in [0.25, 0.3) is 0 Å². The Morgan fingerprint density at radius 1 is 1.38 bits per heavy atom. The average Bonchev–Trinajstić information content (AvgIpc) is 2.04. The Labute approximate surface area is 85.1 Å². The highest BCUT2D eigenvalue weighted by Crippen LogP contribution is 2.18. The third-order valence-electron chi connectivity index (χ3n) is 1.67. The fraction of sp³-hybridized carbons (Fsp3) is 0.364. The van der Waals surface area contributed by atoms with Crippen molar-refractivity contribution in [2.24, 2.45) is 0 Å². The predicted octanol–water partition coefficient (Wildman–Crippen LogP) is 2.67. The largest absolute Gasteiger partial charge is 0.305 e. The van der Waals surface area contributed by atoms with Crippen molar-refractivity contribution >= 4 is 11.8 Å². The molecule has 0 saturated heterocycles.